The standard InChI is InChI=1S/C13H15N3O2/c17-13(18)10-2-1-7-16-11(10)8-15-12(16)9-3-5-14-6-4-9/h1-2,7-9,14H,3-6H2,(H,17,18). The summed E-state index contributed by atoms with van der Waals surface area (Å²) in [7, 11) is 0. The number of fused-ring (bicyclic) bond motifs is 1. The number of nitrogens with one attached hydrogen (secondary N) is 1. The van der Waals surface area contributed by atoms with Gasteiger partial charge in [-0.2, -0.15) is 0 Å². The van der Waals surface area contributed by atoms with Crippen LogP contribution in [0.1, 0.15) is 34.9 Å². The molecule has 0 radical (unpaired) electrons. The van der Waals surface area contributed by atoms with E-state index in [1.807, 2.05) is 10.6 Å². The lowest BCUT2D eigenvalue weighted by atomic mass is 9.97. The van der Waals surface area contributed by atoms with E-state index in [1.165, 1.54) is 0 Å². The van der Waals surface area contributed by atoms with Crippen molar-refractivity contribution in [3.63, 3.8) is 0 Å². The highest BCUT2D eigenvalue weighted by Crippen LogP contribution is 2.25. The van der Waals surface area contributed by atoms with Crippen LogP contribution in [0, 0.1) is 0 Å². The molecule has 3 heterocycles. The molecule has 94 valence electrons. The first-order valence-electron chi connectivity index (χ1n) is 6.17. The van der Waals surface area contributed by atoms with Gasteiger partial charge >= 0.3 is 5.97 Å². The third-order valence-electron chi connectivity index (χ3n) is 3.53. The molecular weight excluding hydrogens is 230 g/mol. The van der Waals surface area contributed by atoms with E-state index in [0.29, 0.717) is 17.0 Å². The molecule has 1 saturated heterocycles. The fourth-order valence-electron chi connectivity index (χ4n) is 2.60. The number of aromatic nitrogens is 2. The number of carboxylic acid groups (broad SMARTS) is 1. The topological polar surface area (TPSA) is 66.6 Å². The average molecular weight is 245 g/mol. The van der Waals surface area contributed by atoms with Crippen LogP contribution in [0.2, 0.25) is 0 Å². The molecule has 2 aromatic rings. The summed E-state index contributed by atoms with van der Waals surface area (Å²) >= 11 is 0. The number of nitrogens with zero attached hydrogens (tertiary/aromatic N) is 2. The van der Waals surface area contributed by atoms with Gasteiger partial charge < -0.3 is 14.8 Å². The Labute approximate surface area is 104 Å². The van der Waals surface area contributed by atoms with Crippen LogP contribution < -0.4 is 5.32 Å². The number of aromatic carboxylic acids is 1. The molecule has 0 unspecified atom stereocenters. The number of carboxylic acids is 1. The molecule has 2 aromatic heterocycles. The van der Waals surface area contributed by atoms with Crippen molar-refractivity contribution in [2.24, 2.45) is 0 Å². The predicted octanol–water partition coefficient (Wildman–Crippen LogP) is 1.50. The zero-order valence-electron chi connectivity index (χ0n) is 9.97. The first-order valence-corrected chi connectivity index (χ1v) is 6.17. The summed E-state index contributed by atoms with van der Waals surface area (Å²) in [5.41, 5.74) is 0.990. The Morgan fingerprint density at radius 1 is 1.44 bits per heavy atom. The van der Waals surface area contributed by atoms with Crippen LogP contribution in [0.25, 0.3) is 5.52 Å². The lowest BCUT2D eigenvalue weighted by Crippen LogP contribution is -2.27. The molecule has 0 spiro atoms. The van der Waals surface area contributed by atoms with Gasteiger partial charge in [0.15, 0.2) is 0 Å². The molecule has 3 rings (SSSR count). The molecule has 0 saturated carbocycles. The van der Waals surface area contributed by atoms with Crippen LogP contribution in [-0.2, 0) is 0 Å². The Morgan fingerprint density at radius 3 is 2.94 bits per heavy atom. The van der Waals surface area contributed by atoms with E-state index in [2.05, 4.69) is 10.3 Å². The van der Waals surface area contributed by atoms with Crippen molar-refractivity contribution in [2.75, 3.05) is 13.1 Å². The molecular formula is C13H15N3O2. The van der Waals surface area contributed by atoms with Gasteiger partial charge in [0.25, 0.3) is 0 Å². The first-order chi connectivity index (χ1) is 8.77. The highest BCUT2D eigenvalue weighted by Gasteiger charge is 2.21. The average Bonchev–Trinajstić information content (AvgIpc) is 2.83. The highest BCUT2D eigenvalue weighted by molar-refractivity contribution is 5.95. The minimum atomic E-state index is -0.905. The van der Waals surface area contributed by atoms with Gasteiger partial charge in [0, 0.05) is 12.1 Å². The summed E-state index contributed by atoms with van der Waals surface area (Å²) in [5.74, 6) is 0.491. The summed E-state index contributed by atoms with van der Waals surface area (Å²) in [6.45, 7) is 2.00. The molecule has 0 aromatic carbocycles. The van der Waals surface area contributed by atoms with Crippen LogP contribution in [-0.4, -0.2) is 33.6 Å². The van der Waals surface area contributed by atoms with Crippen molar-refractivity contribution in [1.82, 2.24) is 14.7 Å². The van der Waals surface area contributed by atoms with Gasteiger partial charge in [0.1, 0.15) is 5.82 Å². The molecule has 5 nitrogen and oxygen atoms in total. The van der Waals surface area contributed by atoms with Crippen LogP contribution in [0.5, 0.6) is 0 Å². The van der Waals surface area contributed by atoms with E-state index in [1.54, 1.807) is 18.3 Å². The molecule has 1 aliphatic rings. The van der Waals surface area contributed by atoms with E-state index in [-0.39, 0.29) is 0 Å². The monoisotopic (exact) mass is 245 g/mol. The quantitative estimate of drug-likeness (QED) is 0.841. The van der Waals surface area contributed by atoms with E-state index in [0.717, 1.165) is 31.8 Å². The van der Waals surface area contributed by atoms with Crippen molar-refractivity contribution in [3.8, 4) is 0 Å². The molecule has 2 N–H and O–H groups in total. The second-order valence-corrected chi connectivity index (χ2v) is 4.62. The maximum atomic E-state index is 11.1. The van der Waals surface area contributed by atoms with Crippen LogP contribution in [0.4, 0.5) is 0 Å². The zero-order valence-corrected chi connectivity index (χ0v) is 9.97. The minimum absolute atomic E-state index is 0.310. The fourth-order valence-corrected chi connectivity index (χ4v) is 2.60. The third kappa shape index (κ3) is 1.76. The second kappa shape index (κ2) is 4.42. The second-order valence-electron chi connectivity index (χ2n) is 4.62. The summed E-state index contributed by atoms with van der Waals surface area (Å²) in [4.78, 5) is 15.6. The van der Waals surface area contributed by atoms with E-state index < -0.39 is 5.97 Å². The number of rotatable bonds is 2. The van der Waals surface area contributed by atoms with Gasteiger partial charge in [-0.1, -0.05) is 0 Å². The summed E-state index contributed by atoms with van der Waals surface area (Å²) in [6, 6.07) is 3.38. The Bertz CT molecular complexity index is 585. The molecule has 1 fully saturated rings. The molecule has 18 heavy (non-hydrogen) atoms. The number of hydrogen-bond acceptors (Lipinski definition) is 3. The summed E-state index contributed by atoms with van der Waals surface area (Å²) < 4.78 is 1.92. The van der Waals surface area contributed by atoms with Gasteiger partial charge in [-0.25, -0.2) is 9.78 Å². The molecule has 0 aliphatic carbocycles. The summed E-state index contributed by atoms with van der Waals surface area (Å²) in [5, 5.41) is 12.5. The number of piperidine rings is 1. The number of carbonyl (C=O) groups is 1. The molecule has 1 aliphatic heterocycles. The van der Waals surface area contributed by atoms with Crippen LogP contribution >= 0.6 is 0 Å². The molecule has 5 heteroatoms. The maximum Gasteiger partial charge on any atom is 0.337 e. The van der Waals surface area contributed by atoms with Gasteiger partial charge in [-0.3, -0.25) is 0 Å². The third-order valence-corrected chi connectivity index (χ3v) is 3.53. The van der Waals surface area contributed by atoms with Gasteiger partial charge in [0.05, 0.1) is 17.3 Å². The Hall–Kier alpha value is -1.88. The lowest BCUT2D eigenvalue weighted by molar-refractivity contribution is 0.0698. The SMILES string of the molecule is O=C(O)c1cccn2c(C3CCNCC3)ncc12. The van der Waals surface area contributed by atoms with E-state index >= 15 is 0 Å². The highest BCUT2D eigenvalue weighted by atomic mass is 16.4. The molecule has 0 bridgehead atoms. The van der Waals surface area contributed by atoms with E-state index in [4.69, 9.17) is 5.11 Å². The molecule has 0 atom stereocenters. The maximum absolute atomic E-state index is 11.1. The first kappa shape index (κ1) is 11.2. The summed E-state index contributed by atoms with van der Waals surface area (Å²) in [6.07, 6.45) is 5.67. The fraction of sp³-hybridized carbons (Fsp3) is 0.385. The van der Waals surface area contributed by atoms with Crippen molar-refractivity contribution in [1.29, 1.82) is 0 Å². The Morgan fingerprint density at radius 2 is 2.22 bits per heavy atom. The van der Waals surface area contributed by atoms with Crippen molar-refractivity contribution < 1.29 is 9.90 Å². The Balaban J connectivity index is 2.08. The van der Waals surface area contributed by atoms with Crippen LogP contribution in [0.3, 0.4) is 0 Å². The number of pyridine rings is 1. The zero-order chi connectivity index (χ0) is 12.5. The van der Waals surface area contributed by atoms with E-state index in [9.17, 15) is 4.79 Å². The largest absolute Gasteiger partial charge is 0.478 e. The smallest absolute Gasteiger partial charge is 0.337 e. The predicted molar refractivity (Wildman–Crippen MR) is 67.0 cm³/mol. The van der Waals surface area contributed by atoms with Crippen molar-refractivity contribution >= 4 is 11.5 Å². The number of imidazole rings is 1. The Kier molecular flexibility index (Phi) is 2.76. The lowest BCUT2D eigenvalue weighted by Gasteiger charge is -2.21. The van der Waals surface area contributed by atoms with Crippen molar-refractivity contribution in [3.05, 3.63) is 35.9 Å². The van der Waals surface area contributed by atoms with Gasteiger partial charge in [-0.15, -0.1) is 0 Å². The van der Waals surface area contributed by atoms with Gasteiger partial charge in [-0.05, 0) is 38.1 Å². The van der Waals surface area contributed by atoms with Crippen LogP contribution in [0.15, 0.2) is 24.5 Å². The van der Waals surface area contributed by atoms with Gasteiger partial charge in [0.2, 0.25) is 0 Å². The minimum Gasteiger partial charge on any atom is -0.478 e. The number of hydrogen-bond donors (Lipinski definition) is 2. The van der Waals surface area contributed by atoms with Crippen molar-refractivity contribution in [2.45, 2.75) is 18.8 Å². The normalized spacial score (nSPS) is 17.1. The molecule has 0 amide bonds.